The number of rotatable bonds is 9. The van der Waals surface area contributed by atoms with Crippen LogP contribution in [0.4, 0.5) is 17.1 Å². The smallest absolute Gasteiger partial charge is 0.269 e. The van der Waals surface area contributed by atoms with Crippen molar-refractivity contribution in [2.45, 2.75) is 12.1 Å². The maximum absolute atomic E-state index is 12.3. The summed E-state index contributed by atoms with van der Waals surface area (Å²) in [6.45, 7) is -0.112. The standard InChI is InChI=1S/C28H25N5O6S/c1-37-16-25(34)30-21-15-19(10-11-23(21)38-2)32-27(26(31-28(32)40)20-5-3-4-14-29-20)24-13-12-22(39-24)17-6-8-18(9-7-17)33(35)36/h3-15,26-27H,16H2,1-2H3,(H,30,34)(H,31,40)/t26-,27-/m0/s1. The van der Waals surface area contributed by atoms with Crippen molar-refractivity contribution in [1.82, 2.24) is 10.3 Å². The van der Waals surface area contributed by atoms with E-state index in [1.807, 2.05) is 41.3 Å². The highest BCUT2D eigenvalue weighted by molar-refractivity contribution is 7.80. The molecule has 1 saturated heterocycles. The summed E-state index contributed by atoms with van der Waals surface area (Å²) in [6.07, 6.45) is 1.71. The number of anilines is 2. The van der Waals surface area contributed by atoms with Crippen LogP contribution in [-0.2, 0) is 9.53 Å². The molecule has 1 aliphatic heterocycles. The average Bonchev–Trinajstić information content (AvgIpc) is 3.58. The first-order chi connectivity index (χ1) is 19.4. The molecule has 40 heavy (non-hydrogen) atoms. The number of carbonyl (C=O) groups is 1. The Kier molecular flexibility index (Phi) is 7.71. The van der Waals surface area contributed by atoms with Gasteiger partial charge in [0.15, 0.2) is 5.11 Å². The number of nitro groups is 1. The summed E-state index contributed by atoms with van der Waals surface area (Å²) in [4.78, 5) is 29.4. The van der Waals surface area contributed by atoms with E-state index in [0.29, 0.717) is 39.3 Å². The fraction of sp³-hybridized carbons (Fsp3) is 0.179. The fourth-order valence-electron chi connectivity index (χ4n) is 4.60. The van der Waals surface area contributed by atoms with Gasteiger partial charge in [0.05, 0.1) is 29.5 Å². The minimum Gasteiger partial charge on any atom is -0.495 e. The molecule has 0 radical (unpaired) electrons. The van der Waals surface area contributed by atoms with Crippen LogP contribution in [0.2, 0.25) is 0 Å². The molecule has 11 nitrogen and oxygen atoms in total. The van der Waals surface area contributed by atoms with Crippen LogP contribution in [0.5, 0.6) is 5.75 Å². The summed E-state index contributed by atoms with van der Waals surface area (Å²) in [5.74, 6) is 1.28. The molecule has 5 rings (SSSR count). The SMILES string of the molecule is COCC(=O)Nc1cc(N2C(=S)N[C@@H](c3ccccn3)[C@@H]2c2ccc(-c3ccc([N+](=O)[O-])cc3)o2)ccc1OC. The van der Waals surface area contributed by atoms with Crippen LogP contribution >= 0.6 is 12.2 Å². The topological polar surface area (TPSA) is 132 Å². The van der Waals surface area contributed by atoms with Crippen LogP contribution in [-0.4, -0.2) is 41.8 Å². The molecule has 12 heteroatoms. The number of ether oxygens (including phenoxy) is 2. The Hall–Kier alpha value is -4.81. The fourth-order valence-corrected chi connectivity index (χ4v) is 4.94. The maximum atomic E-state index is 12.3. The zero-order chi connectivity index (χ0) is 28.2. The lowest BCUT2D eigenvalue weighted by atomic mass is 10.0. The minimum absolute atomic E-state index is 0.00448. The highest BCUT2D eigenvalue weighted by atomic mass is 32.1. The lowest BCUT2D eigenvalue weighted by molar-refractivity contribution is -0.384. The highest BCUT2D eigenvalue weighted by Gasteiger charge is 2.42. The van der Waals surface area contributed by atoms with Crippen LogP contribution in [0.1, 0.15) is 23.5 Å². The molecule has 3 heterocycles. The molecular formula is C28H25N5O6S. The van der Waals surface area contributed by atoms with Crippen molar-refractivity contribution in [3.63, 3.8) is 0 Å². The van der Waals surface area contributed by atoms with Crippen LogP contribution in [0.3, 0.4) is 0 Å². The van der Waals surface area contributed by atoms with Crippen molar-refractivity contribution < 1.29 is 23.6 Å². The third-order valence-corrected chi connectivity index (χ3v) is 6.70. The molecule has 0 spiro atoms. The Morgan fingerprint density at radius 2 is 1.95 bits per heavy atom. The normalized spacial score (nSPS) is 16.4. The number of amides is 1. The first-order valence-electron chi connectivity index (χ1n) is 12.2. The van der Waals surface area contributed by atoms with E-state index in [1.54, 1.807) is 30.5 Å². The predicted molar refractivity (Wildman–Crippen MR) is 152 cm³/mol. The van der Waals surface area contributed by atoms with Crippen LogP contribution < -0.4 is 20.3 Å². The van der Waals surface area contributed by atoms with Crippen molar-refractivity contribution in [1.29, 1.82) is 0 Å². The Morgan fingerprint density at radius 1 is 1.15 bits per heavy atom. The molecule has 1 fully saturated rings. The van der Waals surface area contributed by atoms with Gasteiger partial charge in [-0.15, -0.1) is 0 Å². The molecule has 2 N–H and O–H groups in total. The van der Waals surface area contributed by atoms with Crippen LogP contribution in [0.15, 0.2) is 83.4 Å². The van der Waals surface area contributed by atoms with Gasteiger partial charge in [0.25, 0.3) is 5.69 Å². The summed E-state index contributed by atoms with van der Waals surface area (Å²) in [5.41, 5.74) is 2.58. The number of hydrogen-bond donors (Lipinski definition) is 2. The number of nitrogens with one attached hydrogen (secondary N) is 2. The van der Waals surface area contributed by atoms with Gasteiger partial charge < -0.3 is 29.4 Å². The van der Waals surface area contributed by atoms with Gasteiger partial charge in [0.1, 0.15) is 29.9 Å². The number of non-ortho nitro benzene ring substituents is 1. The monoisotopic (exact) mass is 559 g/mol. The number of aromatic nitrogens is 1. The Labute approximate surface area is 234 Å². The largest absolute Gasteiger partial charge is 0.495 e. The van der Waals surface area contributed by atoms with Crippen molar-refractivity contribution in [3.05, 3.63) is 101 Å². The highest BCUT2D eigenvalue weighted by Crippen LogP contribution is 2.44. The van der Waals surface area contributed by atoms with Gasteiger partial charge in [0.2, 0.25) is 5.91 Å². The Morgan fingerprint density at radius 3 is 2.62 bits per heavy atom. The molecule has 1 amide bonds. The summed E-state index contributed by atoms with van der Waals surface area (Å²) < 4.78 is 16.7. The number of hydrogen-bond acceptors (Lipinski definition) is 8. The molecule has 2 aromatic heterocycles. The van der Waals surface area contributed by atoms with Gasteiger partial charge in [0, 0.05) is 36.7 Å². The molecule has 204 valence electrons. The van der Waals surface area contributed by atoms with Crippen LogP contribution in [0, 0.1) is 10.1 Å². The van der Waals surface area contributed by atoms with Crippen molar-refractivity contribution in [3.8, 4) is 17.1 Å². The number of pyridine rings is 1. The number of furan rings is 1. The van der Waals surface area contributed by atoms with E-state index in [9.17, 15) is 14.9 Å². The van der Waals surface area contributed by atoms with Crippen molar-refractivity contribution in [2.24, 2.45) is 0 Å². The van der Waals surface area contributed by atoms with E-state index < -0.39 is 11.0 Å². The van der Waals surface area contributed by atoms with Crippen molar-refractivity contribution >= 4 is 40.3 Å². The Balaban J connectivity index is 1.56. The second-order valence-electron chi connectivity index (χ2n) is 8.87. The number of nitrogens with zero attached hydrogens (tertiary/aromatic N) is 3. The zero-order valence-electron chi connectivity index (χ0n) is 21.6. The second-order valence-corrected chi connectivity index (χ2v) is 9.26. The van der Waals surface area contributed by atoms with E-state index in [0.717, 1.165) is 5.69 Å². The van der Waals surface area contributed by atoms with Crippen LogP contribution in [0.25, 0.3) is 11.3 Å². The number of benzene rings is 2. The molecule has 1 aliphatic rings. The quantitative estimate of drug-likeness (QED) is 0.164. The van der Waals surface area contributed by atoms with Gasteiger partial charge in [-0.25, -0.2) is 0 Å². The Bertz CT molecular complexity index is 1540. The summed E-state index contributed by atoms with van der Waals surface area (Å²) in [6, 6.07) is 20.0. The summed E-state index contributed by atoms with van der Waals surface area (Å²) in [5, 5.41) is 17.7. The average molecular weight is 560 g/mol. The molecule has 0 unspecified atom stereocenters. The second kappa shape index (κ2) is 11.5. The van der Waals surface area contributed by atoms with E-state index in [2.05, 4.69) is 15.6 Å². The van der Waals surface area contributed by atoms with E-state index in [-0.39, 0.29) is 24.2 Å². The predicted octanol–water partition coefficient (Wildman–Crippen LogP) is 5.02. The number of methoxy groups -OCH3 is 2. The molecule has 0 aliphatic carbocycles. The number of thiocarbonyl (C=S) groups is 1. The van der Waals surface area contributed by atoms with Gasteiger partial charge in [-0.2, -0.15) is 0 Å². The first kappa shape index (κ1) is 26.8. The van der Waals surface area contributed by atoms with E-state index in [4.69, 9.17) is 26.1 Å². The molecule has 2 aromatic carbocycles. The van der Waals surface area contributed by atoms with Gasteiger partial charge in [-0.3, -0.25) is 19.9 Å². The number of carbonyl (C=O) groups excluding carboxylic acids is 1. The lowest BCUT2D eigenvalue weighted by Gasteiger charge is -2.27. The minimum atomic E-state index is -0.454. The first-order valence-corrected chi connectivity index (χ1v) is 12.6. The van der Waals surface area contributed by atoms with E-state index >= 15 is 0 Å². The molecule has 2 atom stereocenters. The maximum Gasteiger partial charge on any atom is 0.269 e. The summed E-state index contributed by atoms with van der Waals surface area (Å²) in [7, 11) is 2.96. The zero-order valence-corrected chi connectivity index (χ0v) is 22.4. The summed E-state index contributed by atoms with van der Waals surface area (Å²) >= 11 is 5.79. The third-order valence-electron chi connectivity index (χ3n) is 6.39. The van der Waals surface area contributed by atoms with Gasteiger partial charge in [-0.05, 0) is 66.8 Å². The van der Waals surface area contributed by atoms with E-state index in [1.165, 1.54) is 26.4 Å². The third kappa shape index (κ3) is 5.35. The van der Waals surface area contributed by atoms with Gasteiger partial charge in [-0.1, -0.05) is 6.07 Å². The lowest BCUT2D eigenvalue weighted by Crippen LogP contribution is -2.29. The molecule has 4 aromatic rings. The van der Waals surface area contributed by atoms with Crippen molar-refractivity contribution in [2.75, 3.05) is 31.0 Å². The molecule has 0 bridgehead atoms. The molecular weight excluding hydrogens is 534 g/mol. The molecule has 0 saturated carbocycles. The van der Waals surface area contributed by atoms with Gasteiger partial charge >= 0.3 is 0 Å². The number of nitro benzene ring substituents is 1.